The van der Waals surface area contributed by atoms with Gasteiger partial charge in [0.2, 0.25) is 11.8 Å². The van der Waals surface area contributed by atoms with E-state index in [-0.39, 0.29) is 5.69 Å². The van der Waals surface area contributed by atoms with Crippen molar-refractivity contribution >= 4 is 34.8 Å². The third kappa shape index (κ3) is 3.48. The lowest BCUT2D eigenvalue weighted by Crippen LogP contribution is -2.36. The van der Waals surface area contributed by atoms with E-state index in [1.165, 1.54) is 13.2 Å². The zero-order valence-electron chi connectivity index (χ0n) is 13.7. The summed E-state index contributed by atoms with van der Waals surface area (Å²) in [6.07, 6.45) is 0.632. The molecule has 0 aromatic heterocycles. The third-order valence-corrected chi connectivity index (χ3v) is 4.44. The van der Waals surface area contributed by atoms with Gasteiger partial charge in [0.1, 0.15) is 22.8 Å². The number of rotatable bonds is 5. The van der Waals surface area contributed by atoms with E-state index >= 15 is 0 Å². The van der Waals surface area contributed by atoms with E-state index in [2.05, 4.69) is 10.6 Å². The summed E-state index contributed by atoms with van der Waals surface area (Å²) < 4.78 is 31.8. The average molecular weight is 381 g/mol. The molecule has 26 heavy (non-hydrogen) atoms. The number of hydrogen-bond donors (Lipinski definition) is 2. The van der Waals surface area contributed by atoms with Gasteiger partial charge in [0.05, 0.1) is 18.5 Å². The Balaban J connectivity index is 1.77. The van der Waals surface area contributed by atoms with Gasteiger partial charge < -0.3 is 15.4 Å². The van der Waals surface area contributed by atoms with Crippen LogP contribution in [0.3, 0.4) is 0 Å². The van der Waals surface area contributed by atoms with Crippen LogP contribution in [0.4, 0.5) is 20.2 Å². The molecule has 1 aliphatic rings. The van der Waals surface area contributed by atoms with Gasteiger partial charge in [-0.3, -0.25) is 9.59 Å². The summed E-state index contributed by atoms with van der Waals surface area (Å²) in [6.45, 7) is 0. The number of ether oxygens (including phenoxy) is 1. The molecule has 0 aliphatic heterocycles. The van der Waals surface area contributed by atoms with Crippen LogP contribution in [0.2, 0.25) is 5.02 Å². The molecule has 0 heterocycles. The SMILES string of the molecule is COc1ccc(Cl)cc1NC(=O)C1(C(=O)Nc2ccc(F)cc2F)CC1. The molecule has 8 heteroatoms. The molecule has 1 fully saturated rings. The first-order chi connectivity index (χ1) is 12.4. The van der Waals surface area contributed by atoms with E-state index in [0.29, 0.717) is 35.4 Å². The Kier molecular flexibility index (Phi) is 4.82. The molecular formula is C18H15ClF2N2O3. The molecule has 0 atom stereocenters. The molecule has 2 N–H and O–H groups in total. The quantitative estimate of drug-likeness (QED) is 0.771. The predicted molar refractivity (Wildman–Crippen MR) is 93.3 cm³/mol. The Morgan fingerprint density at radius 3 is 2.27 bits per heavy atom. The van der Waals surface area contributed by atoms with Crippen LogP contribution in [-0.4, -0.2) is 18.9 Å². The largest absolute Gasteiger partial charge is 0.495 e. The number of carbonyl (C=O) groups is 2. The highest BCUT2D eigenvalue weighted by Crippen LogP contribution is 2.48. The van der Waals surface area contributed by atoms with Crippen molar-refractivity contribution in [2.24, 2.45) is 5.41 Å². The topological polar surface area (TPSA) is 67.4 Å². The van der Waals surface area contributed by atoms with Gasteiger partial charge in [-0.1, -0.05) is 11.6 Å². The summed E-state index contributed by atoms with van der Waals surface area (Å²) in [5.74, 6) is -2.47. The van der Waals surface area contributed by atoms with Gasteiger partial charge in [0, 0.05) is 11.1 Å². The number of benzene rings is 2. The molecule has 0 unspecified atom stereocenters. The summed E-state index contributed by atoms with van der Waals surface area (Å²) in [6, 6.07) is 7.49. The second kappa shape index (κ2) is 6.92. The summed E-state index contributed by atoms with van der Waals surface area (Å²) >= 11 is 5.93. The Morgan fingerprint density at radius 1 is 1.04 bits per heavy atom. The number of carbonyl (C=O) groups excluding carboxylic acids is 2. The number of methoxy groups -OCH3 is 1. The first kappa shape index (κ1) is 18.1. The second-order valence-electron chi connectivity index (χ2n) is 5.96. The van der Waals surface area contributed by atoms with E-state index < -0.39 is 28.9 Å². The van der Waals surface area contributed by atoms with Gasteiger partial charge in [-0.25, -0.2) is 8.78 Å². The molecule has 0 radical (unpaired) electrons. The number of hydrogen-bond acceptors (Lipinski definition) is 3. The normalized spacial score (nSPS) is 14.5. The predicted octanol–water partition coefficient (Wildman–Crippen LogP) is 3.98. The number of nitrogens with one attached hydrogen (secondary N) is 2. The maximum absolute atomic E-state index is 13.7. The average Bonchev–Trinajstić information content (AvgIpc) is 3.39. The Labute approximate surface area is 153 Å². The number of anilines is 2. The zero-order chi connectivity index (χ0) is 18.9. The molecule has 1 aliphatic carbocycles. The Bertz CT molecular complexity index is 885. The molecule has 5 nitrogen and oxygen atoms in total. The Hall–Kier alpha value is -2.67. The van der Waals surface area contributed by atoms with Crippen LogP contribution >= 0.6 is 11.6 Å². The van der Waals surface area contributed by atoms with E-state index in [4.69, 9.17) is 16.3 Å². The van der Waals surface area contributed by atoms with Crippen molar-refractivity contribution in [2.45, 2.75) is 12.8 Å². The van der Waals surface area contributed by atoms with Crippen molar-refractivity contribution in [3.05, 3.63) is 53.1 Å². The standard InChI is InChI=1S/C18H15ClF2N2O3/c1-26-15-5-2-10(19)8-14(15)23-17(25)18(6-7-18)16(24)22-13-4-3-11(20)9-12(13)21/h2-5,8-9H,6-7H2,1H3,(H,22,24)(H,23,25). The second-order valence-corrected chi connectivity index (χ2v) is 6.40. The third-order valence-electron chi connectivity index (χ3n) is 4.21. The van der Waals surface area contributed by atoms with Gasteiger partial charge in [-0.15, -0.1) is 0 Å². The first-order valence-corrected chi connectivity index (χ1v) is 8.15. The number of halogens is 3. The zero-order valence-corrected chi connectivity index (χ0v) is 14.5. The minimum Gasteiger partial charge on any atom is -0.495 e. The maximum atomic E-state index is 13.7. The van der Waals surface area contributed by atoms with Gasteiger partial charge in [0.15, 0.2) is 0 Å². The summed E-state index contributed by atoms with van der Waals surface area (Å²) in [7, 11) is 1.44. The fourth-order valence-corrected chi connectivity index (χ4v) is 2.71. The van der Waals surface area contributed by atoms with Crippen LogP contribution in [-0.2, 0) is 9.59 Å². The van der Waals surface area contributed by atoms with Crippen molar-refractivity contribution in [2.75, 3.05) is 17.7 Å². The van der Waals surface area contributed by atoms with E-state index in [1.807, 2.05) is 0 Å². The fraction of sp³-hybridized carbons (Fsp3) is 0.222. The summed E-state index contributed by atoms with van der Waals surface area (Å²) in [5.41, 5.74) is -1.17. The highest BCUT2D eigenvalue weighted by Gasteiger charge is 2.56. The molecule has 2 aromatic rings. The van der Waals surface area contributed by atoms with Crippen LogP contribution in [0.15, 0.2) is 36.4 Å². The number of amides is 2. The van der Waals surface area contributed by atoms with Crippen LogP contribution in [0.1, 0.15) is 12.8 Å². The van der Waals surface area contributed by atoms with Gasteiger partial charge in [0.25, 0.3) is 0 Å². The van der Waals surface area contributed by atoms with Crippen molar-refractivity contribution < 1.29 is 23.1 Å². The first-order valence-electron chi connectivity index (χ1n) is 7.77. The van der Waals surface area contributed by atoms with Gasteiger partial charge in [-0.05, 0) is 43.2 Å². The molecular weight excluding hydrogens is 366 g/mol. The van der Waals surface area contributed by atoms with Crippen molar-refractivity contribution in [1.82, 2.24) is 0 Å². The maximum Gasteiger partial charge on any atom is 0.240 e. The van der Waals surface area contributed by atoms with Crippen molar-refractivity contribution in [3.8, 4) is 5.75 Å². The van der Waals surface area contributed by atoms with Crippen LogP contribution in [0, 0.1) is 17.0 Å². The molecule has 3 rings (SSSR count). The molecule has 1 saturated carbocycles. The fourth-order valence-electron chi connectivity index (χ4n) is 2.53. The van der Waals surface area contributed by atoms with Crippen molar-refractivity contribution in [1.29, 1.82) is 0 Å². The minimum absolute atomic E-state index is 0.184. The molecule has 0 spiro atoms. The van der Waals surface area contributed by atoms with Crippen LogP contribution < -0.4 is 15.4 Å². The van der Waals surface area contributed by atoms with Crippen LogP contribution in [0.5, 0.6) is 5.75 Å². The van der Waals surface area contributed by atoms with E-state index in [0.717, 1.165) is 12.1 Å². The molecule has 136 valence electrons. The summed E-state index contributed by atoms with van der Waals surface area (Å²) in [5, 5.41) is 5.37. The van der Waals surface area contributed by atoms with E-state index in [9.17, 15) is 18.4 Å². The molecule has 0 bridgehead atoms. The molecule has 2 amide bonds. The Morgan fingerprint density at radius 2 is 1.69 bits per heavy atom. The highest BCUT2D eigenvalue weighted by atomic mass is 35.5. The lowest BCUT2D eigenvalue weighted by Gasteiger charge is -2.17. The van der Waals surface area contributed by atoms with Gasteiger partial charge in [-0.2, -0.15) is 0 Å². The van der Waals surface area contributed by atoms with Gasteiger partial charge >= 0.3 is 0 Å². The monoisotopic (exact) mass is 380 g/mol. The van der Waals surface area contributed by atoms with Crippen LogP contribution in [0.25, 0.3) is 0 Å². The lowest BCUT2D eigenvalue weighted by atomic mass is 10.0. The molecule has 2 aromatic carbocycles. The lowest BCUT2D eigenvalue weighted by molar-refractivity contribution is -0.131. The minimum atomic E-state index is -1.31. The highest BCUT2D eigenvalue weighted by molar-refractivity contribution is 6.31. The summed E-state index contributed by atoms with van der Waals surface area (Å²) in [4.78, 5) is 25.1. The molecule has 0 saturated heterocycles. The smallest absolute Gasteiger partial charge is 0.240 e. The van der Waals surface area contributed by atoms with Crippen molar-refractivity contribution in [3.63, 3.8) is 0 Å². The van der Waals surface area contributed by atoms with E-state index in [1.54, 1.807) is 12.1 Å².